The molecule has 30 heavy (non-hydrogen) atoms. The van der Waals surface area contributed by atoms with Gasteiger partial charge in [0.15, 0.2) is 5.78 Å². The second kappa shape index (κ2) is 10.3. The number of nitrogens with zero attached hydrogens (tertiary/aromatic N) is 1. The summed E-state index contributed by atoms with van der Waals surface area (Å²) in [6.45, 7) is 5.84. The monoisotopic (exact) mass is 405 g/mol. The molecule has 3 heteroatoms. The van der Waals surface area contributed by atoms with Gasteiger partial charge in [-0.15, -0.1) is 0 Å². The van der Waals surface area contributed by atoms with Gasteiger partial charge in [0.25, 0.3) is 0 Å². The van der Waals surface area contributed by atoms with Crippen molar-refractivity contribution >= 4 is 5.78 Å². The fourth-order valence-electron chi connectivity index (χ4n) is 5.19. The van der Waals surface area contributed by atoms with E-state index in [4.69, 9.17) is 4.74 Å². The largest absolute Gasteiger partial charge is 0.492 e. The number of hydrogen-bond acceptors (Lipinski definition) is 3. The highest BCUT2D eigenvalue weighted by Crippen LogP contribution is 2.35. The van der Waals surface area contributed by atoms with Gasteiger partial charge in [-0.2, -0.15) is 0 Å². The van der Waals surface area contributed by atoms with Crippen LogP contribution in [0, 0.1) is 11.8 Å². The maximum atomic E-state index is 11.4. The topological polar surface area (TPSA) is 29.5 Å². The van der Waals surface area contributed by atoms with Gasteiger partial charge in [0.2, 0.25) is 0 Å². The van der Waals surface area contributed by atoms with Gasteiger partial charge in [-0.05, 0) is 68.0 Å². The maximum Gasteiger partial charge on any atom is 0.159 e. The first-order chi connectivity index (χ1) is 14.7. The zero-order valence-electron chi connectivity index (χ0n) is 18.3. The fraction of sp³-hybridized carbons (Fsp3) is 0.519. The molecule has 1 heterocycles. The molecular formula is C27H35NO2. The van der Waals surface area contributed by atoms with E-state index < -0.39 is 0 Å². The number of ketones is 1. The lowest BCUT2D eigenvalue weighted by Gasteiger charge is -2.37. The number of rotatable bonds is 7. The van der Waals surface area contributed by atoms with Crippen LogP contribution in [0.25, 0.3) is 11.1 Å². The van der Waals surface area contributed by atoms with Crippen molar-refractivity contribution in [2.75, 3.05) is 26.2 Å². The van der Waals surface area contributed by atoms with E-state index in [1.807, 2.05) is 36.4 Å². The molecule has 2 aliphatic rings. The van der Waals surface area contributed by atoms with Crippen molar-refractivity contribution in [1.82, 2.24) is 4.90 Å². The zero-order valence-corrected chi connectivity index (χ0v) is 18.3. The third kappa shape index (κ3) is 5.51. The third-order valence-electron chi connectivity index (χ3n) is 7.10. The molecule has 1 saturated carbocycles. The molecule has 0 bridgehead atoms. The molecule has 160 valence electrons. The molecule has 0 amide bonds. The lowest BCUT2D eigenvalue weighted by molar-refractivity contribution is 0.101. The summed E-state index contributed by atoms with van der Waals surface area (Å²) in [7, 11) is 0. The van der Waals surface area contributed by atoms with E-state index in [0.717, 1.165) is 47.4 Å². The molecule has 4 rings (SSSR count). The summed E-state index contributed by atoms with van der Waals surface area (Å²) in [5.74, 6) is 3.01. The summed E-state index contributed by atoms with van der Waals surface area (Å²) in [5, 5.41) is 0. The molecule has 1 aliphatic heterocycles. The summed E-state index contributed by atoms with van der Waals surface area (Å²) >= 11 is 0. The standard InChI is InChI=1S/C27H35NO2/c1-21(29)22-7-9-24(10-8-22)25-11-13-27(14-12-25)30-20-19-28-17-15-26(16-18-28)23-5-3-2-4-6-23/h7-14,23,26H,2-6,15-20H2,1H3. The van der Waals surface area contributed by atoms with E-state index in [1.54, 1.807) is 6.92 Å². The Balaban J connectivity index is 1.20. The number of likely N-dealkylation sites (tertiary alicyclic amines) is 1. The Bertz CT molecular complexity index is 798. The van der Waals surface area contributed by atoms with Crippen LogP contribution in [-0.4, -0.2) is 36.9 Å². The molecule has 0 spiro atoms. The van der Waals surface area contributed by atoms with Crippen LogP contribution in [0.4, 0.5) is 0 Å². The van der Waals surface area contributed by atoms with E-state index >= 15 is 0 Å². The minimum absolute atomic E-state index is 0.100. The highest BCUT2D eigenvalue weighted by molar-refractivity contribution is 5.94. The lowest BCUT2D eigenvalue weighted by Crippen LogP contribution is -2.38. The Morgan fingerprint density at radius 1 is 0.833 bits per heavy atom. The van der Waals surface area contributed by atoms with Crippen LogP contribution < -0.4 is 4.74 Å². The van der Waals surface area contributed by atoms with E-state index in [0.29, 0.717) is 0 Å². The summed E-state index contributed by atoms with van der Waals surface area (Å²) in [5.41, 5.74) is 3.01. The second-order valence-corrected chi connectivity index (χ2v) is 9.08. The summed E-state index contributed by atoms with van der Waals surface area (Å²) < 4.78 is 6.01. The number of hydrogen-bond donors (Lipinski definition) is 0. The number of carbonyl (C=O) groups excluding carboxylic acids is 1. The minimum Gasteiger partial charge on any atom is -0.492 e. The highest BCUT2D eigenvalue weighted by Gasteiger charge is 2.27. The first-order valence-corrected chi connectivity index (χ1v) is 11.8. The van der Waals surface area contributed by atoms with Crippen molar-refractivity contribution in [3.63, 3.8) is 0 Å². The number of Topliss-reactive ketones (excluding diaryl/α,β-unsaturated/α-hetero) is 1. The Labute approximate surface area is 181 Å². The normalized spacial score (nSPS) is 19.0. The Morgan fingerprint density at radius 2 is 1.40 bits per heavy atom. The van der Waals surface area contributed by atoms with E-state index in [-0.39, 0.29) is 5.78 Å². The van der Waals surface area contributed by atoms with E-state index in [1.165, 1.54) is 58.0 Å². The number of carbonyl (C=O) groups is 1. The van der Waals surface area contributed by atoms with Gasteiger partial charge in [0, 0.05) is 12.1 Å². The van der Waals surface area contributed by atoms with E-state index in [9.17, 15) is 4.79 Å². The van der Waals surface area contributed by atoms with Gasteiger partial charge in [0.05, 0.1) is 0 Å². The van der Waals surface area contributed by atoms with Crippen LogP contribution in [0.1, 0.15) is 62.2 Å². The maximum absolute atomic E-state index is 11.4. The van der Waals surface area contributed by atoms with Crippen LogP contribution in [0.3, 0.4) is 0 Å². The van der Waals surface area contributed by atoms with Crippen molar-refractivity contribution in [1.29, 1.82) is 0 Å². The zero-order chi connectivity index (χ0) is 20.8. The first-order valence-electron chi connectivity index (χ1n) is 11.8. The Morgan fingerprint density at radius 3 is 2.00 bits per heavy atom. The molecule has 0 unspecified atom stereocenters. The lowest BCUT2D eigenvalue weighted by atomic mass is 9.76. The molecule has 0 aromatic heterocycles. The average molecular weight is 406 g/mol. The van der Waals surface area contributed by atoms with Crippen molar-refractivity contribution in [3.8, 4) is 16.9 Å². The van der Waals surface area contributed by atoms with Gasteiger partial charge < -0.3 is 4.74 Å². The van der Waals surface area contributed by atoms with Crippen molar-refractivity contribution in [2.45, 2.75) is 51.9 Å². The van der Waals surface area contributed by atoms with Gasteiger partial charge >= 0.3 is 0 Å². The Kier molecular flexibility index (Phi) is 7.22. The number of piperidine rings is 1. The molecule has 0 radical (unpaired) electrons. The van der Waals surface area contributed by atoms with Gasteiger partial charge in [0.1, 0.15) is 12.4 Å². The van der Waals surface area contributed by atoms with Crippen molar-refractivity contribution < 1.29 is 9.53 Å². The predicted octanol–water partition coefficient (Wildman–Crippen LogP) is 6.23. The molecule has 2 aromatic rings. The molecule has 2 fully saturated rings. The van der Waals surface area contributed by atoms with Crippen molar-refractivity contribution in [2.24, 2.45) is 11.8 Å². The molecule has 0 atom stereocenters. The summed E-state index contributed by atoms with van der Waals surface area (Å²) in [6.07, 6.45) is 10.1. The van der Waals surface area contributed by atoms with E-state index in [2.05, 4.69) is 17.0 Å². The average Bonchev–Trinajstić information content (AvgIpc) is 2.81. The summed E-state index contributed by atoms with van der Waals surface area (Å²) in [4.78, 5) is 14.0. The van der Waals surface area contributed by atoms with Crippen molar-refractivity contribution in [3.05, 3.63) is 54.1 Å². The van der Waals surface area contributed by atoms with Gasteiger partial charge in [-0.1, -0.05) is 68.5 Å². The first kappa shape index (κ1) is 21.1. The minimum atomic E-state index is 0.100. The molecule has 3 nitrogen and oxygen atoms in total. The highest BCUT2D eigenvalue weighted by atomic mass is 16.5. The van der Waals surface area contributed by atoms with Crippen LogP contribution in [0.5, 0.6) is 5.75 Å². The summed E-state index contributed by atoms with van der Waals surface area (Å²) in [6, 6.07) is 16.1. The fourth-order valence-corrected chi connectivity index (χ4v) is 5.19. The molecule has 1 aliphatic carbocycles. The number of ether oxygens (including phenoxy) is 1. The second-order valence-electron chi connectivity index (χ2n) is 9.08. The SMILES string of the molecule is CC(=O)c1ccc(-c2ccc(OCCN3CCC(C4CCCCC4)CC3)cc2)cc1. The van der Waals surface area contributed by atoms with Crippen LogP contribution in [-0.2, 0) is 0 Å². The smallest absolute Gasteiger partial charge is 0.159 e. The predicted molar refractivity (Wildman–Crippen MR) is 123 cm³/mol. The van der Waals surface area contributed by atoms with Gasteiger partial charge in [-0.25, -0.2) is 0 Å². The Hall–Kier alpha value is -2.13. The van der Waals surface area contributed by atoms with Gasteiger partial charge in [-0.3, -0.25) is 9.69 Å². The quantitative estimate of drug-likeness (QED) is 0.512. The van der Waals surface area contributed by atoms with Crippen LogP contribution in [0.2, 0.25) is 0 Å². The molecule has 1 saturated heterocycles. The molecule has 2 aromatic carbocycles. The van der Waals surface area contributed by atoms with Crippen LogP contribution in [0.15, 0.2) is 48.5 Å². The molecular weight excluding hydrogens is 370 g/mol. The number of benzene rings is 2. The third-order valence-corrected chi connectivity index (χ3v) is 7.10. The van der Waals surface area contributed by atoms with Crippen LogP contribution >= 0.6 is 0 Å². The molecule has 0 N–H and O–H groups in total.